The third-order valence-corrected chi connectivity index (χ3v) is 3.64. The molecule has 0 bridgehead atoms. The van der Waals surface area contributed by atoms with Crippen molar-refractivity contribution in [1.29, 1.82) is 0 Å². The number of benzene rings is 1. The number of nitro benzene ring substituents is 1. The van der Waals surface area contributed by atoms with Gasteiger partial charge in [0.1, 0.15) is 0 Å². The van der Waals surface area contributed by atoms with Gasteiger partial charge in [0, 0.05) is 18.7 Å². The molecular weight excluding hydrogens is 258 g/mol. The second-order valence-corrected chi connectivity index (χ2v) is 5.20. The number of non-ortho nitro benzene ring substituents is 1. The molecule has 0 spiro atoms. The Bertz CT molecular complexity index is 504. The normalized spacial score (nSPS) is 22.2. The molecule has 6 nitrogen and oxygen atoms in total. The summed E-state index contributed by atoms with van der Waals surface area (Å²) >= 11 is 0. The van der Waals surface area contributed by atoms with Crippen LogP contribution >= 0.6 is 0 Å². The Kier molecular flexibility index (Phi) is 4.68. The Morgan fingerprint density at radius 1 is 1.55 bits per heavy atom. The number of hydrogen-bond donors (Lipinski definition) is 2. The molecule has 1 aliphatic rings. The van der Waals surface area contributed by atoms with Gasteiger partial charge in [-0.15, -0.1) is 0 Å². The average molecular weight is 277 g/mol. The Hall–Kier alpha value is -1.95. The summed E-state index contributed by atoms with van der Waals surface area (Å²) in [4.78, 5) is 22.3. The quantitative estimate of drug-likeness (QED) is 0.646. The zero-order valence-corrected chi connectivity index (χ0v) is 11.5. The number of rotatable bonds is 4. The lowest BCUT2D eigenvalue weighted by Crippen LogP contribution is -2.50. The van der Waals surface area contributed by atoms with E-state index in [4.69, 9.17) is 0 Å². The fraction of sp³-hybridized carbons (Fsp3) is 0.500. The van der Waals surface area contributed by atoms with Crippen molar-refractivity contribution in [2.24, 2.45) is 5.92 Å². The summed E-state index contributed by atoms with van der Waals surface area (Å²) in [5, 5.41) is 16.7. The van der Waals surface area contributed by atoms with Crippen molar-refractivity contribution in [3.63, 3.8) is 0 Å². The van der Waals surface area contributed by atoms with Crippen LogP contribution in [0.3, 0.4) is 0 Å². The van der Waals surface area contributed by atoms with Gasteiger partial charge >= 0.3 is 0 Å². The summed E-state index contributed by atoms with van der Waals surface area (Å²) in [6.07, 6.45) is 2.14. The number of amides is 1. The Balaban J connectivity index is 1.92. The highest BCUT2D eigenvalue weighted by Crippen LogP contribution is 2.16. The van der Waals surface area contributed by atoms with E-state index in [9.17, 15) is 14.9 Å². The number of carbonyl (C=O) groups excluding carboxylic acids is 1. The predicted molar refractivity (Wildman–Crippen MR) is 75.1 cm³/mol. The molecule has 2 unspecified atom stereocenters. The monoisotopic (exact) mass is 277 g/mol. The van der Waals surface area contributed by atoms with Crippen molar-refractivity contribution >= 4 is 11.6 Å². The summed E-state index contributed by atoms with van der Waals surface area (Å²) in [5.41, 5.74) is 0.775. The van der Waals surface area contributed by atoms with Crippen LogP contribution in [0.1, 0.15) is 25.3 Å². The number of hydrogen-bond acceptors (Lipinski definition) is 4. The fourth-order valence-electron chi connectivity index (χ4n) is 2.48. The molecule has 1 aromatic rings. The number of nitrogens with one attached hydrogen (secondary N) is 2. The van der Waals surface area contributed by atoms with E-state index in [1.54, 1.807) is 12.1 Å². The van der Waals surface area contributed by atoms with Crippen molar-refractivity contribution in [3.05, 3.63) is 39.9 Å². The van der Waals surface area contributed by atoms with Gasteiger partial charge in [0.05, 0.1) is 11.0 Å². The molecule has 1 fully saturated rings. The standard InChI is InChI=1S/C14H19N3O3/c1-10-4-3-7-15-13(10)14(18)16-9-11-5-2-6-12(8-11)17(19)20/h2,5-6,8,10,13,15H,3-4,7,9H2,1H3,(H,16,18). The summed E-state index contributed by atoms with van der Waals surface area (Å²) in [6.45, 7) is 3.23. The lowest BCUT2D eigenvalue weighted by atomic mass is 9.92. The van der Waals surface area contributed by atoms with Crippen molar-refractivity contribution < 1.29 is 9.72 Å². The van der Waals surface area contributed by atoms with Gasteiger partial charge in [-0.3, -0.25) is 14.9 Å². The van der Waals surface area contributed by atoms with E-state index >= 15 is 0 Å². The molecule has 1 heterocycles. The number of carbonyl (C=O) groups is 1. The van der Waals surface area contributed by atoms with Crippen molar-refractivity contribution in [2.75, 3.05) is 6.54 Å². The van der Waals surface area contributed by atoms with Crippen LogP contribution in [0.25, 0.3) is 0 Å². The van der Waals surface area contributed by atoms with Crippen LogP contribution in [-0.2, 0) is 11.3 Å². The molecule has 1 amide bonds. The van der Waals surface area contributed by atoms with Gasteiger partial charge in [-0.25, -0.2) is 0 Å². The van der Waals surface area contributed by atoms with E-state index < -0.39 is 4.92 Å². The highest BCUT2D eigenvalue weighted by atomic mass is 16.6. The first-order valence-corrected chi connectivity index (χ1v) is 6.82. The maximum atomic E-state index is 12.1. The molecule has 0 radical (unpaired) electrons. The largest absolute Gasteiger partial charge is 0.351 e. The van der Waals surface area contributed by atoms with Crippen molar-refractivity contribution in [1.82, 2.24) is 10.6 Å². The molecule has 2 atom stereocenters. The van der Waals surface area contributed by atoms with Crippen molar-refractivity contribution in [3.8, 4) is 0 Å². The van der Waals surface area contributed by atoms with Crippen LogP contribution in [0.5, 0.6) is 0 Å². The highest BCUT2D eigenvalue weighted by molar-refractivity contribution is 5.82. The molecule has 1 saturated heterocycles. The fourth-order valence-corrected chi connectivity index (χ4v) is 2.48. The van der Waals surface area contributed by atoms with Crippen LogP contribution in [0, 0.1) is 16.0 Å². The first-order chi connectivity index (χ1) is 9.58. The van der Waals surface area contributed by atoms with Crippen LogP contribution in [0.4, 0.5) is 5.69 Å². The van der Waals surface area contributed by atoms with Gasteiger partial charge in [0.25, 0.3) is 5.69 Å². The zero-order valence-electron chi connectivity index (χ0n) is 11.5. The van der Waals surface area contributed by atoms with Gasteiger partial charge in [0.15, 0.2) is 0 Å². The Labute approximate surface area is 117 Å². The van der Waals surface area contributed by atoms with E-state index in [0.29, 0.717) is 12.5 Å². The highest BCUT2D eigenvalue weighted by Gasteiger charge is 2.26. The lowest BCUT2D eigenvalue weighted by Gasteiger charge is -2.28. The second kappa shape index (κ2) is 6.47. The number of piperidine rings is 1. The summed E-state index contributed by atoms with van der Waals surface area (Å²) in [5.74, 6) is 0.276. The molecular formula is C14H19N3O3. The Morgan fingerprint density at radius 2 is 2.35 bits per heavy atom. The van der Waals surface area contributed by atoms with E-state index in [2.05, 4.69) is 17.6 Å². The zero-order chi connectivity index (χ0) is 14.5. The predicted octanol–water partition coefficient (Wildman–Crippen LogP) is 1.60. The van der Waals surface area contributed by atoms with Gasteiger partial charge in [0.2, 0.25) is 5.91 Å². The minimum absolute atomic E-state index is 0.0382. The maximum Gasteiger partial charge on any atom is 0.269 e. The van der Waals surface area contributed by atoms with E-state index in [1.165, 1.54) is 12.1 Å². The molecule has 6 heteroatoms. The van der Waals surface area contributed by atoms with Gasteiger partial charge in [-0.05, 0) is 30.9 Å². The van der Waals surface area contributed by atoms with Crippen LogP contribution in [0.2, 0.25) is 0 Å². The Morgan fingerprint density at radius 3 is 3.05 bits per heavy atom. The third kappa shape index (κ3) is 3.54. The lowest BCUT2D eigenvalue weighted by molar-refractivity contribution is -0.384. The maximum absolute atomic E-state index is 12.1. The van der Waals surface area contributed by atoms with Crippen molar-refractivity contribution in [2.45, 2.75) is 32.4 Å². The molecule has 1 aromatic carbocycles. The first kappa shape index (κ1) is 14.5. The summed E-state index contributed by atoms with van der Waals surface area (Å²) in [6, 6.07) is 6.16. The van der Waals surface area contributed by atoms with E-state index in [0.717, 1.165) is 24.9 Å². The minimum atomic E-state index is -0.434. The average Bonchev–Trinajstić information content (AvgIpc) is 2.45. The molecule has 0 aromatic heterocycles. The molecule has 108 valence electrons. The smallest absolute Gasteiger partial charge is 0.269 e. The number of nitro groups is 1. The van der Waals surface area contributed by atoms with Gasteiger partial charge in [-0.2, -0.15) is 0 Å². The first-order valence-electron chi connectivity index (χ1n) is 6.82. The topological polar surface area (TPSA) is 84.3 Å². The van der Waals surface area contributed by atoms with Crippen LogP contribution in [-0.4, -0.2) is 23.4 Å². The molecule has 0 aliphatic carbocycles. The summed E-state index contributed by atoms with van der Waals surface area (Å²) in [7, 11) is 0. The van der Waals surface area contributed by atoms with Gasteiger partial charge < -0.3 is 10.6 Å². The third-order valence-electron chi connectivity index (χ3n) is 3.64. The SMILES string of the molecule is CC1CCCNC1C(=O)NCc1cccc([N+](=O)[O-])c1. The molecule has 1 aliphatic heterocycles. The summed E-state index contributed by atoms with van der Waals surface area (Å²) < 4.78 is 0. The van der Waals surface area contributed by atoms with Crippen LogP contribution in [0.15, 0.2) is 24.3 Å². The van der Waals surface area contributed by atoms with Gasteiger partial charge in [-0.1, -0.05) is 19.1 Å². The van der Waals surface area contributed by atoms with E-state index in [-0.39, 0.29) is 17.6 Å². The molecule has 20 heavy (non-hydrogen) atoms. The minimum Gasteiger partial charge on any atom is -0.351 e. The molecule has 2 N–H and O–H groups in total. The second-order valence-electron chi connectivity index (χ2n) is 5.20. The molecule has 2 rings (SSSR count). The molecule has 0 saturated carbocycles. The van der Waals surface area contributed by atoms with Crippen LogP contribution < -0.4 is 10.6 Å². The van der Waals surface area contributed by atoms with E-state index in [1.807, 2.05) is 0 Å². The number of nitrogens with zero attached hydrogens (tertiary/aromatic N) is 1.